The molecule has 0 N–H and O–H groups in total. The first kappa shape index (κ1) is 31.2. The van der Waals surface area contributed by atoms with E-state index >= 15 is 0 Å². The second-order valence-corrected chi connectivity index (χ2v) is 10.9. The molecule has 0 unspecified atom stereocenters. The van der Waals surface area contributed by atoms with Crippen molar-refractivity contribution in [1.29, 1.82) is 0 Å². The Bertz CT molecular complexity index is 582. The summed E-state index contributed by atoms with van der Waals surface area (Å²) in [6, 6.07) is 6.27. The summed E-state index contributed by atoms with van der Waals surface area (Å²) in [6.45, 7) is 5.65. The Balaban J connectivity index is 1.26. The van der Waals surface area contributed by atoms with Gasteiger partial charge in [0.05, 0.1) is 13.2 Å². The lowest BCUT2D eigenvalue weighted by Crippen LogP contribution is -2.32. The minimum atomic E-state index is 0.000331. The van der Waals surface area contributed by atoms with Crippen molar-refractivity contribution in [2.24, 2.45) is 0 Å². The first-order chi connectivity index (χ1) is 17.9. The number of ether oxygens (including phenoxy) is 3. The molecular formula is C32H58NO3+. The lowest BCUT2D eigenvalue weighted by molar-refractivity contribution is -0.697. The van der Waals surface area contributed by atoms with Crippen molar-refractivity contribution in [2.45, 2.75) is 154 Å². The fourth-order valence-electron chi connectivity index (χ4n) is 5.08. The summed E-state index contributed by atoms with van der Waals surface area (Å²) in [5.41, 5.74) is 0. The highest BCUT2D eigenvalue weighted by molar-refractivity contribution is 4.83. The predicted octanol–water partition coefficient (Wildman–Crippen LogP) is 8.55. The van der Waals surface area contributed by atoms with Crippen molar-refractivity contribution in [3.8, 4) is 0 Å². The van der Waals surface area contributed by atoms with Crippen LogP contribution in [0.5, 0.6) is 0 Å². The Morgan fingerprint density at radius 1 is 0.667 bits per heavy atom. The van der Waals surface area contributed by atoms with Gasteiger partial charge in [0, 0.05) is 25.2 Å². The number of aryl methyl sites for hydroxylation is 1. The number of aromatic nitrogens is 1. The number of pyridine rings is 1. The third kappa shape index (κ3) is 17.5. The predicted molar refractivity (Wildman–Crippen MR) is 150 cm³/mol. The van der Waals surface area contributed by atoms with Gasteiger partial charge in [-0.15, -0.1) is 0 Å². The number of unbranched alkanes of at least 4 members (excludes halogenated alkanes) is 17. The van der Waals surface area contributed by atoms with E-state index in [1.807, 2.05) is 0 Å². The molecule has 2 rings (SSSR count). The molecule has 1 aliphatic rings. The molecule has 36 heavy (non-hydrogen) atoms. The largest absolute Gasteiger partial charge is 0.379 e. The summed E-state index contributed by atoms with van der Waals surface area (Å²) in [5, 5.41) is 0. The van der Waals surface area contributed by atoms with Crippen LogP contribution in [0, 0.1) is 0 Å². The van der Waals surface area contributed by atoms with Gasteiger partial charge in [-0.1, -0.05) is 109 Å². The number of hydrogen-bond donors (Lipinski definition) is 0. The van der Waals surface area contributed by atoms with E-state index in [-0.39, 0.29) is 12.4 Å². The first-order valence-electron chi connectivity index (χ1n) is 15.7. The van der Waals surface area contributed by atoms with Gasteiger partial charge in [0.25, 0.3) is 0 Å². The molecule has 0 spiro atoms. The minimum Gasteiger partial charge on any atom is -0.379 e. The Morgan fingerprint density at radius 2 is 1.22 bits per heavy atom. The topological polar surface area (TPSA) is 31.6 Å². The SMILES string of the molecule is CCCCCCCCCCCCCCC[C@H]1OC[C@H](COCCCCCCCC[n+]2ccccc2)O1. The van der Waals surface area contributed by atoms with Gasteiger partial charge in [0.15, 0.2) is 18.7 Å². The van der Waals surface area contributed by atoms with Crippen molar-refractivity contribution in [3.05, 3.63) is 30.6 Å². The van der Waals surface area contributed by atoms with Gasteiger partial charge < -0.3 is 14.2 Å². The number of hydrogen-bond acceptors (Lipinski definition) is 3. The zero-order valence-corrected chi connectivity index (χ0v) is 23.7. The van der Waals surface area contributed by atoms with Gasteiger partial charge in [-0.3, -0.25) is 0 Å². The smallest absolute Gasteiger partial charge is 0.168 e. The number of rotatable bonds is 25. The molecule has 208 valence electrons. The molecule has 2 atom stereocenters. The van der Waals surface area contributed by atoms with Gasteiger partial charge in [-0.2, -0.15) is 0 Å². The Labute approximate surface area is 223 Å². The highest BCUT2D eigenvalue weighted by atomic mass is 16.7. The highest BCUT2D eigenvalue weighted by Gasteiger charge is 2.25. The van der Waals surface area contributed by atoms with Crippen LogP contribution in [-0.4, -0.2) is 32.2 Å². The third-order valence-electron chi connectivity index (χ3n) is 7.39. The van der Waals surface area contributed by atoms with Crippen LogP contribution in [0.4, 0.5) is 0 Å². The van der Waals surface area contributed by atoms with Crippen LogP contribution in [0.15, 0.2) is 30.6 Å². The van der Waals surface area contributed by atoms with Crippen molar-refractivity contribution in [3.63, 3.8) is 0 Å². The zero-order chi connectivity index (χ0) is 25.4. The van der Waals surface area contributed by atoms with Crippen molar-refractivity contribution < 1.29 is 18.8 Å². The van der Waals surface area contributed by atoms with E-state index in [9.17, 15) is 0 Å². The molecule has 0 aliphatic carbocycles. The maximum atomic E-state index is 6.03. The molecule has 1 aromatic rings. The summed E-state index contributed by atoms with van der Waals surface area (Å²) in [4.78, 5) is 0. The fraction of sp³-hybridized carbons (Fsp3) is 0.844. The minimum absolute atomic E-state index is 0.000331. The van der Waals surface area contributed by atoms with Gasteiger partial charge in [-0.25, -0.2) is 4.57 Å². The van der Waals surface area contributed by atoms with E-state index in [2.05, 4.69) is 42.1 Å². The Kier molecular flexibility index (Phi) is 20.1. The van der Waals surface area contributed by atoms with Gasteiger partial charge >= 0.3 is 0 Å². The summed E-state index contributed by atoms with van der Waals surface area (Å²) in [7, 11) is 0. The van der Waals surface area contributed by atoms with Crippen LogP contribution in [0.3, 0.4) is 0 Å². The maximum absolute atomic E-state index is 6.03. The molecule has 4 heteroatoms. The average molecular weight is 505 g/mol. The van der Waals surface area contributed by atoms with E-state index in [1.165, 1.54) is 116 Å². The summed E-state index contributed by atoms with van der Waals surface area (Å²) >= 11 is 0. The molecule has 2 heterocycles. The standard InChI is InChI=1S/C32H58NO3/c1-2-3-4-5-6-7-8-9-10-11-12-15-19-24-32-35-30-31(36-32)29-34-28-23-17-14-13-16-20-25-33-26-21-18-22-27-33/h18,21-22,26-27,31-32H,2-17,19-20,23-25,28-30H2,1H3/q+1/t31-,32-/m0/s1. The molecule has 1 aliphatic heterocycles. The van der Waals surface area contributed by atoms with Gasteiger partial charge in [0.2, 0.25) is 0 Å². The normalized spacial score (nSPS) is 17.7. The lowest BCUT2D eigenvalue weighted by atomic mass is 10.0. The van der Waals surface area contributed by atoms with Gasteiger partial charge in [0.1, 0.15) is 12.6 Å². The zero-order valence-electron chi connectivity index (χ0n) is 23.7. The summed E-state index contributed by atoms with van der Waals surface area (Å²) < 4.78 is 20.0. The molecule has 0 saturated carbocycles. The second-order valence-electron chi connectivity index (χ2n) is 10.9. The summed E-state index contributed by atoms with van der Waals surface area (Å²) in [5.74, 6) is 0. The first-order valence-corrected chi connectivity index (χ1v) is 15.7. The van der Waals surface area contributed by atoms with E-state index in [4.69, 9.17) is 14.2 Å². The van der Waals surface area contributed by atoms with Crippen LogP contribution in [0.2, 0.25) is 0 Å². The lowest BCUT2D eigenvalue weighted by Gasteiger charge is -2.12. The second kappa shape index (κ2) is 23.2. The van der Waals surface area contributed by atoms with E-state index < -0.39 is 0 Å². The fourth-order valence-corrected chi connectivity index (χ4v) is 5.08. The molecule has 0 amide bonds. The molecule has 1 aromatic heterocycles. The molecule has 0 bridgehead atoms. The van der Waals surface area contributed by atoms with Gasteiger partial charge in [-0.05, 0) is 25.7 Å². The quantitative estimate of drug-likeness (QED) is 0.0987. The molecule has 1 fully saturated rings. The summed E-state index contributed by atoms with van der Waals surface area (Å²) in [6.07, 6.45) is 31.2. The van der Waals surface area contributed by atoms with Crippen LogP contribution in [0.25, 0.3) is 0 Å². The molecule has 1 saturated heterocycles. The van der Waals surface area contributed by atoms with E-state index in [1.54, 1.807) is 0 Å². The monoisotopic (exact) mass is 504 g/mol. The van der Waals surface area contributed by atoms with E-state index in [0.717, 1.165) is 26.0 Å². The Morgan fingerprint density at radius 3 is 1.86 bits per heavy atom. The van der Waals surface area contributed by atoms with Crippen molar-refractivity contribution in [2.75, 3.05) is 19.8 Å². The van der Waals surface area contributed by atoms with Crippen LogP contribution in [-0.2, 0) is 20.8 Å². The van der Waals surface area contributed by atoms with Crippen LogP contribution in [0.1, 0.15) is 135 Å². The van der Waals surface area contributed by atoms with Crippen LogP contribution >= 0.6 is 0 Å². The van der Waals surface area contributed by atoms with Crippen LogP contribution < -0.4 is 4.57 Å². The Hall–Kier alpha value is -0.970. The van der Waals surface area contributed by atoms with E-state index in [0.29, 0.717) is 13.2 Å². The third-order valence-corrected chi connectivity index (χ3v) is 7.39. The maximum Gasteiger partial charge on any atom is 0.168 e. The molecule has 0 radical (unpaired) electrons. The molecular weight excluding hydrogens is 446 g/mol. The molecule has 0 aromatic carbocycles. The average Bonchev–Trinajstić information content (AvgIpc) is 3.36. The van der Waals surface area contributed by atoms with Crippen molar-refractivity contribution >= 4 is 0 Å². The van der Waals surface area contributed by atoms with Crippen molar-refractivity contribution in [1.82, 2.24) is 0 Å². The molecule has 4 nitrogen and oxygen atoms in total. The highest BCUT2D eigenvalue weighted by Crippen LogP contribution is 2.19. The number of nitrogens with zero attached hydrogens (tertiary/aromatic N) is 1.